The minimum absolute atomic E-state index is 0.0131. The van der Waals surface area contributed by atoms with Crippen LogP contribution < -0.4 is 4.72 Å². The van der Waals surface area contributed by atoms with Crippen LogP contribution in [-0.2, 0) is 15.0 Å². The number of aliphatic carboxylic acids is 1. The van der Waals surface area contributed by atoms with Crippen LogP contribution in [0.15, 0.2) is 0 Å². The number of carbonyl (C=O) groups is 1. The van der Waals surface area contributed by atoms with Gasteiger partial charge >= 0.3 is 5.97 Å². The highest BCUT2D eigenvalue weighted by atomic mass is 32.2. The molecule has 94 valence electrons. The molecule has 0 aromatic rings. The summed E-state index contributed by atoms with van der Waals surface area (Å²) in [6.45, 7) is 1.85. The minimum Gasteiger partial charge on any atom is -0.481 e. The first-order valence-electron chi connectivity index (χ1n) is 5.22. The first-order chi connectivity index (χ1) is 7.25. The fourth-order valence-electron chi connectivity index (χ4n) is 1.57. The Hall–Kier alpha value is -0.660. The number of rotatable bonds is 6. The fourth-order valence-corrected chi connectivity index (χ4v) is 2.89. The molecule has 0 radical (unpaired) electrons. The maximum absolute atomic E-state index is 11.8. The third kappa shape index (κ3) is 3.43. The molecule has 7 heteroatoms. The van der Waals surface area contributed by atoms with Crippen LogP contribution in [0.25, 0.3) is 0 Å². The van der Waals surface area contributed by atoms with Crippen molar-refractivity contribution < 1.29 is 18.3 Å². The zero-order chi connectivity index (χ0) is 12.4. The van der Waals surface area contributed by atoms with Gasteiger partial charge in [0.2, 0.25) is 0 Å². The molecule has 1 fully saturated rings. The van der Waals surface area contributed by atoms with Gasteiger partial charge in [0.1, 0.15) is 0 Å². The molecular weight excluding hydrogens is 232 g/mol. The van der Waals surface area contributed by atoms with E-state index < -0.39 is 16.2 Å². The van der Waals surface area contributed by atoms with Gasteiger partial charge in [0.15, 0.2) is 0 Å². The second-order valence-electron chi connectivity index (χ2n) is 4.49. The molecule has 2 N–H and O–H groups in total. The second kappa shape index (κ2) is 4.68. The average molecular weight is 250 g/mol. The molecule has 0 aromatic heterocycles. The van der Waals surface area contributed by atoms with Crippen molar-refractivity contribution in [1.29, 1.82) is 0 Å². The van der Waals surface area contributed by atoms with E-state index in [4.69, 9.17) is 5.11 Å². The van der Waals surface area contributed by atoms with Crippen molar-refractivity contribution in [3.05, 3.63) is 0 Å². The maximum Gasteiger partial charge on any atom is 0.304 e. The van der Waals surface area contributed by atoms with Gasteiger partial charge in [-0.25, -0.2) is 0 Å². The zero-order valence-electron chi connectivity index (χ0n) is 9.56. The largest absolute Gasteiger partial charge is 0.481 e. The Labute approximate surface area is 95.8 Å². The van der Waals surface area contributed by atoms with E-state index in [0.717, 1.165) is 23.6 Å². The van der Waals surface area contributed by atoms with Crippen LogP contribution in [0.5, 0.6) is 0 Å². The highest BCUT2D eigenvalue weighted by Crippen LogP contribution is 2.31. The zero-order valence-corrected chi connectivity index (χ0v) is 10.4. The molecular formula is C9H18N2O4S. The van der Waals surface area contributed by atoms with Crippen molar-refractivity contribution in [3.8, 4) is 0 Å². The van der Waals surface area contributed by atoms with E-state index in [1.165, 1.54) is 7.05 Å². The predicted octanol–water partition coefficient (Wildman–Crippen LogP) is 0.170. The number of hydrogen-bond acceptors (Lipinski definition) is 3. The van der Waals surface area contributed by atoms with E-state index in [1.54, 1.807) is 0 Å². The molecule has 1 saturated carbocycles. The lowest BCUT2D eigenvalue weighted by molar-refractivity contribution is -0.137. The predicted molar refractivity (Wildman–Crippen MR) is 59.2 cm³/mol. The van der Waals surface area contributed by atoms with Crippen LogP contribution >= 0.6 is 0 Å². The number of nitrogens with zero attached hydrogens (tertiary/aromatic N) is 1. The van der Waals surface area contributed by atoms with Crippen molar-refractivity contribution >= 4 is 16.2 Å². The lowest BCUT2D eigenvalue weighted by atomic mass is 9.80. The molecule has 0 unspecified atom stereocenters. The highest BCUT2D eigenvalue weighted by Gasteiger charge is 2.36. The van der Waals surface area contributed by atoms with Gasteiger partial charge in [0.25, 0.3) is 10.2 Å². The summed E-state index contributed by atoms with van der Waals surface area (Å²) in [5.41, 5.74) is -0.351. The Morgan fingerprint density at radius 1 is 1.50 bits per heavy atom. The quantitative estimate of drug-likeness (QED) is 0.703. The number of carboxylic acids is 1. The Morgan fingerprint density at radius 3 is 2.44 bits per heavy atom. The monoisotopic (exact) mass is 250 g/mol. The summed E-state index contributed by atoms with van der Waals surface area (Å²) in [6.07, 6.45) is 2.50. The summed E-state index contributed by atoms with van der Waals surface area (Å²) < 4.78 is 27.2. The Kier molecular flexibility index (Phi) is 3.92. The summed E-state index contributed by atoms with van der Waals surface area (Å²) in [5.74, 6) is -1.00. The fraction of sp³-hybridized carbons (Fsp3) is 0.889. The summed E-state index contributed by atoms with van der Waals surface area (Å²) >= 11 is 0. The third-order valence-corrected chi connectivity index (χ3v) is 4.64. The van der Waals surface area contributed by atoms with Crippen molar-refractivity contribution in [2.75, 3.05) is 13.6 Å². The van der Waals surface area contributed by atoms with Crippen molar-refractivity contribution in [1.82, 2.24) is 9.03 Å². The number of nitrogens with one attached hydrogen (secondary N) is 1. The molecule has 0 heterocycles. The normalized spacial score (nSPS) is 19.4. The molecule has 1 rings (SSSR count). The molecule has 0 amide bonds. The van der Waals surface area contributed by atoms with Gasteiger partial charge in [0, 0.05) is 19.1 Å². The first kappa shape index (κ1) is 13.4. The van der Waals surface area contributed by atoms with E-state index in [1.807, 2.05) is 6.92 Å². The van der Waals surface area contributed by atoms with E-state index in [2.05, 4.69) is 4.72 Å². The van der Waals surface area contributed by atoms with Crippen molar-refractivity contribution in [2.45, 2.75) is 38.1 Å². The average Bonchev–Trinajstić information content (AvgIpc) is 2.10. The van der Waals surface area contributed by atoms with Crippen molar-refractivity contribution in [3.63, 3.8) is 0 Å². The molecule has 1 aliphatic carbocycles. The van der Waals surface area contributed by atoms with Crippen LogP contribution in [0, 0.1) is 0 Å². The first-order valence-corrected chi connectivity index (χ1v) is 6.66. The van der Waals surface area contributed by atoms with Crippen LogP contribution in [0.2, 0.25) is 0 Å². The van der Waals surface area contributed by atoms with E-state index in [0.29, 0.717) is 0 Å². The third-order valence-electron chi connectivity index (χ3n) is 2.88. The Bertz CT molecular complexity index is 362. The summed E-state index contributed by atoms with van der Waals surface area (Å²) in [6, 6.07) is 0. The van der Waals surface area contributed by atoms with Crippen LogP contribution in [0.3, 0.4) is 0 Å². The maximum atomic E-state index is 11.8. The molecule has 0 spiro atoms. The van der Waals surface area contributed by atoms with Gasteiger partial charge < -0.3 is 5.11 Å². The van der Waals surface area contributed by atoms with E-state index in [9.17, 15) is 13.2 Å². The topological polar surface area (TPSA) is 86.7 Å². The SMILES string of the molecule is CN(CCC(=O)O)S(=O)(=O)NC1(C)CCC1. The van der Waals surface area contributed by atoms with E-state index >= 15 is 0 Å². The van der Waals surface area contributed by atoms with Crippen LogP contribution in [0.4, 0.5) is 0 Å². The molecule has 0 saturated heterocycles. The summed E-state index contributed by atoms with van der Waals surface area (Å²) in [5, 5.41) is 8.48. The molecule has 16 heavy (non-hydrogen) atoms. The van der Waals surface area contributed by atoms with Gasteiger partial charge in [-0.2, -0.15) is 17.4 Å². The molecule has 0 aliphatic heterocycles. The Morgan fingerprint density at radius 2 is 2.06 bits per heavy atom. The molecule has 6 nitrogen and oxygen atoms in total. The van der Waals surface area contributed by atoms with Crippen LogP contribution in [-0.4, -0.2) is 42.9 Å². The molecule has 0 aromatic carbocycles. The second-order valence-corrected chi connectivity index (χ2v) is 6.26. The van der Waals surface area contributed by atoms with Gasteiger partial charge in [-0.15, -0.1) is 0 Å². The summed E-state index contributed by atoms with van der Waals surface area (Å²) in [7, 11) is -2.17. The Balaban J connectivity index is 2.52. The molecule has 0 atom stereocenters. The lowest BCUT2D eigenvalue weighted by Crippen LogP contribution is -2.54. The van der Waals surface area contributed by atoms with Crippen molar-refractivity contribution in [2.24, 2.45) is 0 Å². The highest BCUT2D eigenvalue weighted by molar-refractivity contribution is 7.87. The van der Waals surface area contributed by atoms with Gasteiger partial charge in [-0.1, -0.05) is 0 Å². The van der Waals surface area contributed by atoms with Gasteiger partial charge in [-0.3, -0.25) is 4.79 Å². The standard InChI is InChI=1S/C9H18N2O4S/c1-9(5-3-6-9)10-16(14,15)11(2)7-4-8(12)13/h10H,3-7H2,1-2H3,(H,12,13). The van der Waals surface area contributed by atoms with E-state index in [-0.39, 0.29) is 18.5 Å². The molecule has 0 bridgehead atoms. The van der Waals surface area contributed by atoms with Crippen LogP contribution in [0.1, 0.15) is 32.6 Å². The minimum atomic E-state index is -3.55. The number of hydrogen-bond donors (Lipinski definition) is 2. The lowest BCUT2D eigenvalue weighted by Gasteiger charge is -2.39. The van der Waals surface area contributed by atoms with Gasteiger partial charge in [0.05, 0.1) is 6.42 Å². The molecule has 1 aliphatic rings. The van der Waals surface area contributed by atoms with Gasteiger partial charge in [-0.05, 0) is 26.2 Å². The number of carboxylic acid groups (broad SMARTS) is 1. The summed E-state index contributed by atoms with van der Waals surface area (Å²) in [4.78, 5) is 10.3. The smallest absolute Gasteiger partial charge is 0.304 e.